The Morgan fingerprint density at radius 3 is 2.61 bits per heavy atom. The molecule has 7 heteroatoms. The minimum Gasteiger partial charge on any atom is -0.357 e. The molecule has 0 aliphatic rings. The Bertz CT molecular complexity index is 568. The third-order valence-electron chi connectivity index (χ3n) is 2.42. The monoisotopic (exact) mass is 257 g/mol. The van der Waals surface area contributed by atoms with E-state index in [9.17, 15) is 18.0 Å². The van der Waals surface area contributed by atoms with Crippen LogP contribution in [0.2, 0.25) is 0 Å². The minimum atomic E-state index is -4.44. The summed E-state index contributed by atoms with van der Waals surface area (Å²) in [6.07, 6.45) is 0.390. The molecule has 0 atom stereocenters. The van der Waals surface area contributed by atoms with Crippen molar-refractivity contribution in [3.63, 3.8) is 0 Å². The van der Waals surface area contributed by atoms with Crippen LogP contribution in [-0.2, 0) is 19.8 Å². The molecule has 2 aromatic rings. The summed E-state index contributed by atoms with van der Waals surface area (Å²) in [6.45, 7) is -0.208. The van der Waals surface area contributed by atoms with Gasteiger partial charge in [0.1, 0.15) is 6.54 Å². The number of halogens is 3. The number of Topliss-reactive ketones (excluding diaryl/α,β-unsaturated/α-hetero) is 1. The summed E-state index contributed by atoms with van der Waals surface area (Å²) < 4.78 is 39.6. The van der Waals surface area contributed by atoms with Crippen LogP contribution in [0, 0.1) is 0 Å². The molecule has 0 N–H and O–H groups in total. The van der Waals surface area contributed by atoms with E-state index in [1.54, 1.807) is 30.1 Å². The zero-order valence-electron chi connectivity index (χ0n) is 9.48. The first kappa shape index (κ1) is 12.4. The molecule has 0 spiro atoms. The van der Waals surface area contributed by atoms with Crippen LogP contribution in [0.25, 0.3) is 0 Å². The van der Waals surface area contributed by atoms with E-state index in [-0.39, 0.29) is 12.3 Å². The molecule has 4 nitrogen and oxygen atoms in total. The van der Waals surface area contributed by atoms with E-state index in [0.717, 1.165) is 10.9 Å². The summed E-state index contributed by atoms with van der Waals surface area (Å²) in [6, 6.07) is 1.61. The first-order valence-corrected chi connectivity index (χ1v) is 5.11. The van der Waals surface area contributed by atoms with Crippen LogP contribution < -0.4 is 0 Å². The number of hydrogen-bond donors (Lipinski definition) is 0. The highest BCUT2D eigenvalue weighted by Gasteiger charge is 2.32. The molecule has 0 fully saturated rings. The van der Waals surface area contributed by atoms with Crippen molar-refractivity contribution in [2.24, 2.45) is 7.05 Å². The average Bonchev–Trinajstić information content (AvgIpc) is 2.85. The second-order valence-corrected chi connectivity index (χ2v) is 3.91. The van der Waals surface area contributed by atoms with Crippen LogP contribution in [0.5, 0.6) is 0 Å². The SMILES string of the molecule is Cn1ccc(C(=O)Cn2cc(C(F)(F)F)cn2)c1. The summed E-state index contributed by atoms with van der Waals surface area (Å²) in [5, 5.41) is 3.52. The summed E-state index contributed by atoms with van der Waals surface area (Å²) in [5.41, 5.74) is -0.412. The summed E-state index contributed by atoms with van der Waals surface area (Å²) >= 11 is 0. The number of rotatable bonds is 3. The van der Waals surface area contributed by atoms with E-state index in [1.807, 2.05) is 0 Å². The fraction of sp³-hybridized carbons (Fsp3) is 0.273. The average molecular weight is 257 g/mol. The first-order chi connectivity index (χ1) is 8.36. The molecule has 0 aliphatic carbocycles. The summed E-state index contributed by atoms with van der Waals surface area (Å²) in [5.74, 6) is -0.285. The molecule has 0 amide bonds. The van der Waals surface area contributed by atoms with Crippen LogP contribution in [-0.4, -0.2) is 20.1 Å². The largest absolute Gasteiger partial charge is 0.419 e. The molecule has 0 saturated heterocycles. The van der Waals surface area contributed by atoms with Crippen LogP contribution in [0.15, 0.2) is 30.9 Å². The number of ketones is 1. The molecule has 0 unspecified atom stereocenters. The second kappa shape index (κ2) is 4.32. The Kier molecular flexibility index (Phi) is 2.98. The minimum absolute atomic E-state index is 0.208. The Hall–Kier alpha value is -2.05. The maximum absolute atomic E-state index is 12.3. The number of aryl methyl sites for hydroxylation is 1. The Labute approximate surface area is 101 Å². The van der Waals surface area contributed by atoms with Crippen molar-refractivity contribution >= 4 is 5.78 Å². The lowest BCUT2D eigenvalue weighted by atomic mass is 10.2. The Balaban J connectivity index is 2.10. The number of hydrogen-bond acceptors (Lipinski definition) is 2. The molecule has 0 aliphatic heterocycles. The van der Waals surface area contributed by atoms with Gasteiger partial charge in [-0.05, 0) is 6.07 Å². The van der Waals surface area contributed by atoms with Gasteiger partial charge in [-0.2, -0.15) is 18.3 Å². The van der Waals surface area contributed by atoms with Gasteiger partial charge in [-0.25, -0.2) is 0 Å². The normalized spacial score (nSPS) is 11.8. The summed E-state index contributed by atoms with van der Waals surface area (Å²) in [4.78, 5) is 11.7. The van der Waals surface area contributed by atoms with Gasteiger partial charge in [0.2, 0.25) is 0 Å². The highest BCUT2D eigenvalue weighted by molar-refractivity contribution is 5.95. The van der Waals surface area contributed by atoms with Crippen LogP contribution >= 0.6 is 0 Å². The van der Waals surface area contributed by atoms with E-state index in [0.29, 0.717) is 11.8 Å². The van der Waals surface area contributed by atoms with Crippen molar-refractivity contribution in [1.29, 1.82) is 0 Å². The molecule has 2 aromatic heterocycles. The quantitative estimate of drug-likeness (QED) is 0.790. The van der Waals surface area contributed by atoms with E-state index < -0.39 is 11.7 Å². The van der Waals surface area contributed by atoms with Gasteiger partial charge < -0.3 is 4.57 Å². The van der Waals surface area contributed by atoms with Gasteiger partial charge in [-0.15, -0.1) is 0 Å². The molecule has 18 heavy (non-hydrogen) atoms. The zero-order chi connectivity index (χ0) is 13.3. The molecule has 0 aromatic carbocycles. The van der Waals surface area contributed by atoms with Gasteiger partial charge in [0.15, 0.2) is 5.78 Å². The maximum atomic E-state index is 12.3. The number of alkyl halides is 3. The lowest BCUT2D eigenvalue weighted by molar-refractivity contribution is -0.137. The smallest absolute Gasteiger partial charge is 0.357 e. The highest BCUT2D eigenvalue weighted by atomic mass is 19.4. The zero-order valence-corrected chi connectivity index (χ0v) is 9.48. The second-order valence-electron chi connectivity index (χ2n) is 3.91. The number of nitrogens with zero attached hydrogens (tertiary/aromatic N) is 3. The predicted molar refractivity (Wildman–Crippen MR) is 57.0 cm³/mol. The van der Waals surface area contributed by atoms with Gasteiger partial charge >= 0.3 is 6.18 Å². The molecular formula is C11H10F3N3O. The van der Waals surface area contributed by atoms with E-state index >= 15 is 0 Å². The molecule has 2 rings (SSSR count). The third kappa shape index (κ3) is 2.61. The molecule has 0 bridgehead atoms. The molecule has 96 valence electrons. The lowest BCUT2D eigenvalue weighted by Crippen LogP contribution is -2.10. The van der Waals surface area contributed by atoms with Crippen molar-refractivity contribution in [1.82, 2.24) is 14.3 Å². The van der Waals surface area contributed by atoms with Crippen molar-refractivity contribution in [2.45, 2.75) is 12.7 Å². The molecular weight excluding hydrogens is 247 g/mol. The topological polar surface area (TPSA) is 39.8 Å². The van der Waals surface area contributed by atoms with E-state index in [4.69, 9.17) is 0 Å². The number of carbonyl (C=O) groups is 1. The fourth-order valence-corrected chi connectivity index (χ4v) is 1.50. The summed E-state index contributed by atoms with van der Waals surface area (Å²) in [7, 11) is 1.76. The van der Waals surface area contributed by atoms with Gasteiger partial charge in [-0.3, -0.25) is 9.48 Å². The fourth-order valence-electron chi connectivity index (χ4n) is 1.50. The van der Waals surface area contributed by atoms with Crippen LogP contribution in [0.1, 0.15) is 15.9 Å². The van der Waals surface area contributed by atoms with Gasteiger partial charge in [0.05, 0.1) is 11.8 Å². The van der Waals surface area contributed by atoms with Crippen molar-refractivity contribution < 1.29 is 18.0 Å². The third-order valence-corrected chi connectivity index (χ3v) is 2.42. The highest BCUT2D eigenvalue weighted by Crippen LogP contribution is 2.28. The van der Waals surface area contributed by atoms with Gasteiger partial charge in [-0.1, -0.05) is 0 Å². The van der Waals surface area contributed by atoms with Crippen molar-refractivity contribution in [2.75, 3.05) is 0 Å². The first-order valence-electron chi connectivity index (χ1n) is 5.11. The Morgan fingerprint density at radius 2 is 2.11 bits per heavy atom. The Morgan fingerprint density at radius 1 is 1.39 bits per heavy atom. The van der Waals surface area contributed by atoms with Crippen molar-refractivity contribution in [3.8, 4) is 0 Å². The molecule has 2 heterocycles. The standard InChI is InChI=1S/C11H10F3N3O/c1-16-3-2-8(5-16)10(18)7-17-6-9(4-15-17)11(12,13)14/h2-6H,7H2,1H3. The van der Waals surface area contributed by atoms with E-state index in [2.05, 4.69) is 5.10 Å². The number of aromatic nitrogens is 3. The van der Waals surface area contributed by atoms with Gasteiger partial charge in [0.25, 0.3) is 0 Å². The van der Waals surface area contributed by atoms with E-state index in [1.165, 1.54) is 0 Å². The molecule has 0 radical (unpaired) electrons. The van der Waals surface area contributed by atoms with Crippen LogP contribution in [0.4, 0.5) is 13.2 Å². The molecule has 0 saturated carbocycles. The van der Waals surface area contributed by atoms with Crippen molar-refractivity contribution in [3.05, 3.63) is 42.0 Å². The maximum Gasteiger partial charge on any atom is 0.419 e. The van der Waals surface area contributed by atoms with Gasteiger partial charge in [0, 0.05) is 31.2 Å². The van der Waals surface area contributed by atoms with Crippen LogP contribution in [0.3, 0.4) is 0 Å². The number of carbonyl (C=O) groups excluding carboxylic acids is 1. The predicted octanol–water partition coefficient (Wildman–Crippen LogP) is 2.12. The lowest BCUT2D eigenvalue weighted by Gasteiger charge is -2.01.